The zero-order valence-corrected chi connectivity index (χ0v) is 12.8. The van der Waals surface area contributed by atoms with Crippen molar-refractivity contribution >= 4 is 17.4 Å². The lowest BCUT2D eigenvalue weighted by Crippen LogP contribution is -2.25. The molecule has 5 nitrogen and oxygen atoms in total. The van der Waals surface area contributed by atoms with Crippen molar-refractivity contribution in [3.05, 3.63) is 47.9 Å². The molecule has 0 aliphatic carbocycles. The van der Waals surface area contributed by atoms with E-state index >= 15 is 0 Å². The maximum absolute atomic E-state index is 13.6. The quantitative estimate of drug-likeness (QED) is 0.945. The molecule has 2 aromatic rings. The highest BCUT2D eigenvalue weighted by molar-refractivity contribution is 6.02. The van der Waals surface area contributed by atoms with E-state index in [1.807, 2.05) is 0 Å². The van der Waals surface area contributed by atoms with Crippen LogP contribution in [0.3, 0.4) is 0 Å². The molecule has 6 heteroatoms. The molecule has 120 valence electrons. The molecule has 1 fully saturated rings. The second kappa shape index (κ2) is 7.17. The van der Waals surface area contributed by atoms with Gasteiger partial charge in [-0.05, 0) is 37.1 Å². The topological polar surface area (TPSA) is 58.1 Å². The van der Waals surface area contributed by atoms with Crippen LogP contribution < -0.4 is 10.2 Å². The van der Waals surface area contributed by atoms with E-state index in [2.05, 4.69) is 20.4 Å². The number of hydrogen-bond acceptors (Lipinski definition) is 4. The van der Waals surface area contributed by atoms with Gasteiger partial charge in [-0.2, -0.15) is 0 Å². The molecule has 0 atom stereocenters. The number of anilines is 2. The third-order valence-electron chi connectivity index (χ3n) is 3.94. The normalized spacial score (nSPS) is 15.1. The van der Waals surface area contributed by atoms with Crippen LogP contribution >= 0.6 is 0 Å². The Kier molecular flexibility index (Phi) is 4.80. The fourth-order valence-corrected chi connectivity index (χ4v) is 2.66. The summed E-state index contributed by atoms with van der Waals surface area (Å²) in [7, 11) is 0. The maximum Gasteiger partial charge on any atom is 0.276 e. The molecular weight excluding hydrogens is 295 g/mol. The zero-order valence-electron chi connectivity index (χ0n) is 12.8. The third-order valence-corrected chi connectivity index (χ3v) is 3.94. The summed E-state index contributed by atoms with van der Waals surface area (Å²) in [5.41, 5.74) is 0.308. The first kappa shape index (κ1) is 15.4. The first-order chi connectivity index (χ1) is 11.2. The molecule has 2 heterocycles. The van der Waals surface area contributed by atoms with Crippen molar-refractivity contribution in [1.82, 2.24) is 10.2 Å². The minimum atomic E-state index is -0.477. The van der Waals surface area contributed by atoms with E-state index in [-0.39, 0.29) is 11.4 Å². The number of nitrogens with one attached hydrogen (secondary N) is 1. The summed E-state index contributed by atoms with van der Waals surface area (Å²) in [4.78, 5) is 14.3. The Bertz CT molecular complexity index is 667. The third kappa shape index (κ3) is 3.83. The van der Waals surface area contributed by atoms with Gasteiger partial charge in [-0.3, -0.25) is 4.79 Å². The highest BCUT2D eigenvalue weighted by atomic mass is 19.1. The standard InChI is InChI=1S/C17H19FN4O/c18-13-7-3-4-8-14(13)19-17(23)15-9-10-16(21-20-15)22-11-5-1-2-6-12-22/h3-4,7-10H,1-2,5-6,11-12H2,(H,19,23). The van der Waals surface area contributed by atoms with Gasteiger partial charge >= 0.3 is 0 Å². The number of hydrogen-bond donors (Lipinski definition) is 1. The van der Waals surface area contributed by atoms with E-state index in [1.54, 1.807) is 24.3 Å². The van der Waals surface area contributed by atoms with E-state index in [0.717, 1.165) is 31.7 Å². The number of carbonyl (C=O) groups is 1. The van der Waals surface area contributed by atoms with Crippen LogP contribution in [-0.4, -0.2) is 29.2 Å². The molecule has 1 aliphatic heterocycles. The second-order valence-corrected chi connectivity index (χ2v) is 5.61. The van der Waals surface area contributed by atoms with Crippen LogP contribution in [0, 0.1) is 5.82 Å². The van der Waals surface area contributed by atoms with E-state index in [4.69, 9.17) is 0 Å². The number of nitrogens with zero attached hydrogens (tertiary/aromatic N) is 3. The SMILES string of the molecule is O=C(Nc1ccccc1F)c1ccc(N2CCCCCC2)nn1. The largest absolute Gasteiger partial charge is 0.355 e. The summed E-state index contributed by atoms with van der Waals surface area (Å²) in [6.45, 7) is 1.94. The molecule has 0 saturated carbocycles. The molecule has 1 aliphatic rings. The van der Waals surface area contributed by atoms with Gasteiger partial charge in [0.25, 0.3) is 5.91 Å². The van der Waals surface area contributed by atoms with Gasteiger partial charge in [-0.1, -0.05) is 25.0 Å². The fraction of sp³-hybridized carbons (Fsp3) is 0.353. The van der Waals surface area contributed by atoms with Gasteiger partial charge in [0.1, 0.15) is 5.82 Å². The van der Waals surface area contributed by atoms with Gasteiger partial charge in [0, 0.05) is 13.1 Å². The minimum absolute atomic E-state index is 0.135. The Morgan fingerprint density at radius 1 is 1.00 bits per heavy atom. The molecule has 1 N–H and O–H groups in total. The zero-order chi connectivity index (χ0) is 16.1. The van der Waals surface area contributed by atoms with Gasteiger partial charge in [0.05, 0.1) is 5.69 Å². The van der Waals surface area contributed by atoms with E-state index in [0.29, 0.717) is 0 Å². The number of halogens is 1. The van der Waals surface area contributed by atoms with Gasteiger partial charge in [-0.25, -0.2) is 4.39 Å². The number of aromatic nitrogens is 2. The summed E-state index contributed by atoms with van der Waals surface area (Å²) in [6.07, 6.45) is 4.79. The van der Waals surface area contributed by atoms with Crippen molar-refractivity contribution in [3.8, 4) is 0 Å². The summed E-state index contributed by atoms with van der Waals surface area (Å²) >= 11 is 0. The van der Waals surface area contributed by atoms with Gasteiger partial charge in [0.15, 0.2) is 11.5 Å². The molecule has 3 rings (SSSR count). The van der Waals surface area contributed by atoms with Gasteiger partial charge in [-0.15, -0.1) is 10.2 Å². The van der Waals surface area contributed by atoms with Crippen LogP contribution in [0.4, 0.5) is 15.9 Å². The molecule has 23 heavy (non-hydrogen) atoms. The average molecular weight is 314 g/mol. The number of para-hydroxylation sites is 1. The highest BCUT2D eigenvalue weighted by Gasteiger charge is 2.14. The van der Waals surface area contributed by atoms with Crippen molar-refractivity contribution in [3.63, 3.8) is 0 Å². The Balaban J connectivity index is 1.69. The Labute approximate surface area is 134 Å². The molecule has 1 aromatic heterocycles. The van der Waals surface area contributed by atoms with E-state index in [1.165, 1.54) is 25.0 Å². The molecule has 0 unspecified atom stereocenters. The van der Waals surface area contributed by atoms with Crippen molar-refractivity contribution < 1.29 is 9.18 Å². The fourth-order valence-electron chi connectivity index (χ4n) is 2.66. The maximum atomic E-state index is 13.6. The molecule has 0 bridgehead atoms. The van der Waals surface area contributed by atoms with E-state index in [9.17, 15) is 9.18 Å². The second-order valence-electron chi connectivity index (χ2n) is 5.61. The number of rotatable bonds is 3. The predicted octanol–water partition coefficient (Wildman–Crippen LogP) is 3.25. The summed E-state index contributed by atoms with van der Waals surface area (Å²) in [5, 5.41) is 10.6. The van der Waals surface area contributed by atoms with E-state index < -0.39 is 11.7 Å². The van der Waals surface area contributed by atoms with Gasteiger partial charge in [0.2, 0.25) is 0 Å². The van der Waals surface area contributed by atoms with Crippen molar-refractivity contribution in [2.45, 2.75) is 25.7 Å². The molecule has 1 aromatic carbocycles. The lowest BCUT2D eigenvalue weighted by atomic mass is 10.2. The van der Waals surface area contributed by atoms with Crippen LogP contribution in [0.1, 0.15) is 36.2 Å². The van der Waals surface area contributed by atoms with Crippen LogP contribution in [0.2, 0.25) is 0 Å². The monoisotopic (exact) mass is 314 g/mol. The van der Waals surface area contributed by atoms with Gasteiger partial charge < -0.3 is 10.2 Å². The Morgan fingerprint density at radius 2 is 1.74 bits per heavy atom. The summed E-state index contributed by atoms with van der Waals surface area (Å²) in [6, 6.07) is 9.46. The van der Waals surface area contributed by atoms with Crippen LogP contribution in [0.25, 0.3) is 0 Å². The molecular formula is C17H19FN4O. The number of carbonyl (C=O) groups excluding carboxylic acids is 1. The Hall–Kier alpha value is -2.50. The first-order valence-electron chi connectivity index (χ1n) is 7.88. The van der Waals surface area contributed by atoms with Crippen molar-refractivity contribution in [1.29, 1.82) is 0 Å². The first-order valence-corrected chi connectivity index (χ1v) is 7.88. The number of benzene rings is 1. The molecule has 0 radical (unpaired) electrons. The van der Waals surface area contributed by atoms with Crippen LogP contribution in [-0.2, 0) is 0 Å². The lowest BCUT2D eigenvalue weighted by molar-refractivity contribution is 0.102. The highest BCUT2D eigenvalue weighted by Crippen LogP contribution is 2.17. The lowest BCUT2D eigenvalue weighted by Gasteiger charge is -2.20. The predicted molar refractivity (Wildman–Crippen MR) is 87.1 cm³/mol. The molecule has 1 saturated heterocycles. The molecule has 0 spiro atoms. The van der Waals surface area contributed by atoms with Crippen molar-refractivity contribution in [2.24, 2.45) is 0 Å². The van der Waals surface area contributed by atoms with Crippen LogP contribution in [0.5, 0.6) is 0 Å². The summed E-state index contributed by atoms with van der Waals surface area (Å²) < 4.78 is 13.6. The number of amides is 1. The average Bonchev–Trinajstić information content (AvgIpc) is 2.86. The Morgan fingerprint density at radius 3 is 2.39 bits per heavy atom. The van der Waals surface area contributed by atoms with Crippen LogP contribution in [0.15, 0.2) is 36.4 Å². The smallest absolute Gasteiger partial charge is 0.276 e. The van der Waals surface area contributed by atoms with Crippen molar-refractivity contribution in [2.75, 3.05) is 23.3 Å². The minimum Gasteiger partial charge on any atom is -0.355 e. The summed E-state index contributed by atoms with van der Waals surface area (Å²) in [5.74, 6) is -0.158. The molecule has 1 amide bonds.